The summed E-state index contributed by atoms with van der Waals surface area (Å²) >= 11 is 0. The van der Waals surface area contributed by atoms with Gasteiger partial charge < -0.3 is 15.6 Å². The Bertz CT molecular complexity index is 564. The molecule has 1 aromatic carbocycles. The van der Waals surface area contributed by atoms with E-state index in [-0.39, 0.29) is 0 Å². The van der Waals surface area contributed by atoms with Crippen LogP contribution in [0.4, 0.5) is 0 Å². The minimum atomic E-state index is 0.772. The first-order chi connectivity index (χ1) is 9.33. The summed E-state index contributed by atoms with van der Waals surface area (Å²) in [5.41, 5.74) is 3.39. The van der Waals surface area contributed by atoms with Crippen molar-refractivity contribution in [3.63, 3.8) is 0 Å². The van der Waals surface area contributed by atoms with Gasteiger partial charge in [0.25, 0.3) is 0 Å². The van der Waals surface area contributed by atoms with Crippen LogP contribution in [-0.4, -0.2) is 24.6 Å². The van der Waals surface area contributed by atoms with E-state index in [1.54, 1.807) is 0 Å². The molecule has 1 aliphatic rings. The lowest BCUT2D eigenvalue weighted by molar-refractivity contribution is 0.371. The minimum Gasteiger partial charge on any atom is -0.385 e. The van der Waals surface area contributed by atoms with Crippen molar-refractivity contribution in [1.29, 1.82) is 0 Å². The highest BCUT2D eigenvalue weighted by atomic mass is 14.9. The first-order valence-electron chi connectivity index (χ1n) is 7.04. The SMILES string of the molecule is C=C(NCC1CCNCC1)c1ccc2[nH]ccc2c1. The summed E-state index contributed by atoms with van der Waals surface area (Å²) in [7, 11) is 0. The van der Waals surface area contributed by atoms with E-state index in [4.69, 9.17) is 0 Å². The Morgan fingerprint density at radius 1 is 1.26 bits per heavy atom. The highest BCUT2D eigenvalue weighted by Crippen LogP contribution is 2.19. The third kappa shape index (κ3) is 2.82. The van der Waals surface area contributed by atoms with Gasteiger partial charge in [-0.15, -0.1) is 0 Å². The molecule has 3 nitrogen and oxygen atoms in total. The van der Waals surface area contributed by atoms with Crippen LogP contribution >= 0.6 is 0 Å². The molecule has 19 heavy (non-hydrogen) atoms. The second-order valence-electron chi connectivity index (χ2n) is 5.33. The second-order valence-corrected chi connectivity index (χ2v) is 5.33. The number of aromatic amines is 1. The third-order valence-corrected chi connectivity index (χ3v) is 3.96. The average molecular weight is 255 g/mol. The molecule has 1 saturated heterocycles. The van der Waals surface area contributed by atoms with Crippen LogP contribution in [0.1, 0.15) is 18.4 Å². The Labute approximate surface area is 114 Å². The highest BCUT2D eigenvalue weighted by Gasteiger charge is 2.12. The Hall–Kier alpha value is -1.74. The summed E-state index contributed by atoms with van der Waals surface area (Å²) < 4.78 is 0. The van der Waals surface area contributed by atoms with E-state index < -0.39 is 0 Å². The molecule has 0 atom stereocenters. The maximum Gasteiger partial charge on any atom is 0.0454 e. The quantitative estimate of drug-likeness (QED) is 0.786. The second kappa shape index (κ2) is 5.49. The van der Waals surface area contributed by atoms with E-state index in [2.05, 4.69) is 46.5 Å². The smallest absolute Gasteiger partial charge is 0.0454 e. The van der Waals surface area contributed by atoms with Crippen LogP contribution in [0.5, 0.6) is 0 Å². The number of aromatic nitrogens is 1. The fraction of sp³-hybridized carbons (Fsp3) is 0.375. The third-order valence-electron chi connectivity index (χ3n) is 3.96. The van der Waals surface area contributed by atoms with Crippen molar-refractivity contribution < 1.29 is 0 Å². The van der Waals surface area contributed by atoms with Gasteiger partial charge in [0.15, 0.2) is 0 Å². The molecule has 3 rings (SSSR count). The number of hydrogen-bond acceptors (Lipinski definition) is 2. The van der Waals surface area contributed by atoms with Gasteiger partial charge in [-0.2, -0.15) is 0 Å². The lowest BCUT2D eigenvalue weighted by atomic mass is 9.98. The van der Waals surface area contributed by atoms with Crippen LogP contribution in [0, 0.1) is 5.92 Å². The molecule has 1 aromatic heterocycles. The molecule has 1 aliphatic heterocycles. The molecule has 0 radical (unpaired) electrons. The molecule has 0 bridgehead atoms. The van der Waals surface area contributed by atoms with Gasteiger partial charge >= 0.3 is 0 Å². The van der Waals surface area contributed by atoms with Gasteiger partial charge in [-0.25, -0.2) is 0 Å². The first-order valence-corrected chi connectivity index (χ1v) is 7.04. The highest BCUT2D eigenvalue weighted by molar-refractivity contribution is 5.83. The summed E-state index contributed by atoms with van der Waals surface area (Å²) in [6, 6.07) is 8.52. The van der Waals surface area contributed by atoms with Crippen LogP contribution in [0.25, 0.3) is 16.6 Å². The fourth-order valence-electron chi connectivity index (χ4n) is 2.70. The predicted molar refractivity (Wildman–Crippen MR) is 80.9 cm³/mol. The molecule has 2 heterocycles. The fourth-order valence-corrected chi connectivity index (χ4v) is 2.70. The van der Waals surface area contributed by atoms with E-state index in [1.807, 2.05) is 6.20 Å². The number of piperidine rings is 1. The lowest BCUT2D eigenvalue weighted by Crippen LogP contribution is -2.33. The average Bonchev–Trinajstić information content (AvgIpc) is 2.93. The van der Waals surface area contributed by atoms with Gasteiger partial charge in [0.1, 0.15) is 0 Å². The van der Waals surface area contributed by atoms with Crippen molar-refractivity contribution in [3.05, 3.63) is 42.6 Å². The molecule has 3 heteroatoms. The summed E-state index contributed by atoms with van der Waals surface area (Å²) in [6.45, 7) is 7.49. The molecule has 0 amide bonds. The Balaban J connectivity index is 1.62. The van der Waals surface area contributed by atoms with Crippen molar-refractivity contribution >= 4 is 16.6 Å². The van der Waals surface area contributed by atoms with Gasteiger partial charge in [0.2, 0.25) is 0 Å². The van der Waals surface area contributed by atoms with Crippen LogP contribution in [0.3, 0.4) is 0 Å². The molecule has 0 saturated carbocycles. The number of fused-ring (bicyclic) bond motifs is 1. The van der Waals surface area contributed by atoms with Gasteiger partial charge in [0.05, 0.1) is 0 Å². The summed E-state index contributed by atoms with van der Waals surface area (Å²) in [5, 5.41) is 8.13. The Morgan fingerprint density at radius 2 is 2.11 bits per heavy atom. The van der Waals surface area contributed by atoms with E-state index in [1.165, 1.54) is 29.3 Å². The van der Waals surface area contributed by atoms with Crippen molar-refractivity contribution in [3.8, 4) is 0 Å². The topological polar surface area (TPSA) is 39.8 Å². The maximum atomic E-state index is 4.16. The monoisotopic (exact) mass is 255 g/mol. The van der Waals surface area contributed by atoms with Gasteiger partial charge in [-0.1, -0.05) is 12.6 Å². The van der Waals surface area contributed by atoms with E-state index >= 15 is 0 Å². The molecule has 0 spiro atoms. The maximum absolute atomic E-state index is 4.16. The minimum absolute atomic E-state index is 0.772. The normalized spacial score (nSPS) is 16.6. The van der Waals surface area contributed by atoms with Crippen LogP contribution in [0.15, 0.2) is 37.0 Å². The van der Waals surface area contributed by atoms with Gasteiger partial charge in [-0.05, 0) is 55.6 Å². The Kier molecular flexibility index (Phi) is 3.56. The molecule has 0 unspecified atom stereocenters. The Morgan fingerprint density at radius 3 is 2.95 bits per heavy atom. The van der Waals surface area contributed by atoms with Crippen LogP contribution in [-0.2, 0) is 0 Å². The zero-order chi connectivity index (χ0) is 13.1. The van der Waals surface area contributed by atoms with E-state index in [0.29, 0.717) is 0 Å². The molecule has 1 fully saturated rings. The van der Waals surface area contributed by atoms with Crippen molar-refractivity contribution in [2.24, 2.45) is 5.92 Å². The lowest BCUT2D eigenvalue weighted by Gasteiger charge is -2.23. The predicted octanol–water partition coefficient (Wildman–Crippen LogP) is 2.73. The number of nitrogens with one attached hydrogen (secondary N) is 3. The van der Waals surface area contributed by atoms with Crippen LogP contribution in [0.2, 0.25) is 0 Å². The number of benzene rings is 1. The van der Waals surface area contributed by atoms with Gasteiger partial charge in [-0.3, -0.25) is 0 Å². The molecule has 3 N–H and O–H groups in total. The van der Waals surface area contributed by atoms with E-state index in [0.717, 1.165) is 31.2 Å². The van der Waals surface area contributed by atoms with Crippen LogP contribution < -0.4 is 10.6 Å². The molecule has 2 aromatic rings. The van der Waals surface area contributed by atoms with Crippen molar-refractivity contribution in [1.82, 2.24) is 15.6 Å². The number of hydrogen-bond donors (Lipinski definition) is 3. The van der Waals surface area contributed by atoms with Crippen molar-refractivity contribution in [2.75, 3.05) is 19.6 Å². The number of H-pyrrole nitrogens is 1. The first kappa shape index (κ1) is 12.3. The summed E-state index contributed by atoms with van der Waals surface area (Å²) in [4.78, 5) is 3.21. The summed E-state index contributed by atoms with van der Waals surface area (Å²) in [6.07, 6.45) is 4.49. The molecule has 0 aliphatic carbocycles. The van der Waals surface area contributed by atoms with Gasteiger partial charge in [0, 0.05) is 29.3 Å². The number of rotatable bonds is 4. The standard InChI is InChI=1S/C16H21N3/c1-12(19-11-13-4-7-17-8-5-13)14-2-3-16-15(10-14)6-9-18-16/h2-3,6,9-10,13,17-19H,1,4-5,7-8,11H2. The van der Waals surface area contributed by atoms with Crippen molar-refractivity contribution in [2.45, 2.75) is 12.8 Å². The van der Waals surface area contributed by atoms with E-state index in [9.17, 15) is 0 Å². The summed E-state index contributed by atoms with van der Waals surface area (Å²) in [5.74, 6) is 0.772. The molecular weight excluding hydrogens is 234 g/mol. The molecule has 100 valence electrons. The zero-order valence-electron chi connectivity index (χ0n) is 11.2. The zero-order valence-corrected chi connectivity index (χ0v) is 11.2. The largest absolute Gasteiger partial charge is 0.385 e. The molecular formula is C16H21N3.